The molecule has 0 saturated carbocycles. The second-order valence-electron chi connectivity index (χ2n) is 7.70. The highest BCUT2D eigenvalue weighted by Gasteiger charge is 2.14. The van der Waals surface area contributed by atoms with Crippen LogP contribution < -0.4 is 10.6 Å². The second-order valence-corrected chi connectivity index (χ2v) is 7.70. The molecule has 0 spiro atoms. The molecule has 0 unspecified atom stereocenters. The van der Waals surface area contributed by atoms with Crippen molar-refractivity contribution >= 4 is 22.4 Å². The maximum absolute atomic E-state index is 14.6. The van der Waals surface area contributed by atoms with Crippen molar-refractivity contribution in [2.45, 2.75) is 19.3 Å². The SMILES string of the molecule is Fc1cc(-n2cccn2)ccc1Nc1cc2nc(CC3CCNCC3)ccc2cn1. The molecular weight excluding hydrogens is 379 g/mol. The maximum atomic E-state index is 14.6. The number of pyridine rings is 2. The number of aromatic nitrogens is 4. The van der Waals surface area contributed by atoms with Crippen LogP contribution in [-0.4, -0.2) is 32.8 Å². The largest absolute Gasteiger partial charge is 0.338 e. The lowest BCUT2D eigenvalue weighted by Gasteiger charge is -2.22. The van der Waals surface area contributed by atoms with E-state index >= 15 is 0 Å². The van der Waals surface area contributed by atoms with E-state index in [4.69, 9.17) is 4.98 Å². The summed E-state index contributed by atoms with van der Waals surface area (Å²) in [6.07, 6.45) is 8.59. The van der Waals surface area contributed by atoms with Crippen LogP contribution in [0, 0.1) is 11.7 Å². The van der Waals surface area contributed by atoms with Gasteiger partial charge in [-0.3, -0.25) is 4.98 Å². The zero-order valence-corrected chi connectivity index (χ0v) is 16.6. The predicted molar refractivity (Wildman–Crippen MR) is 116 cm³/mol. The number of halogens is 1. The minimum absolute atomic E-state index is 0.363. The number of nitrogens with zero attached hydrogens (tertiary/aromatic N) is 4. The molecule has 4 heterocycles. The normalized spacial score (nSPS) is 14.8. The third-order valence-electron chi connectivity index (χ3n) is 5.57. The summed E-state index contributed by atoms with van der Waals surface area (Å²) in [5.74, 6) is 0.885. The maximum Gasteiger partial charge on any atom is 0.148 e. The van der Waals surface area contributed by atoms with Gasteiger partial charge in [-0.15, -0.1) is 0 Å². The summed E-state index contributed by atoms with van der Waals surface area (Å²) in [6.45, 7) is 2.17. The minimum Gasteiger partial charge on any atom is -0.338 e. The lowest BCUT2D eigenvalue weighted by atomic mass is 9.93. The summed E-state index contributed by atoms with van der Waals surface area (Å²) in [5.41, 5.74) is 3.00. The van der Waals surface area contributed by atoms with Gasteiger partial charge < -0.3 is 10.6 Å². The van der Waals surface area contributed by atoms with Crippen molar-refractivity contribution in [1.29, 1.82) is 0 Å². The van der Waals surface area contributed by atoms with Crippen molar-refractivity contribution in [3.63, 3.8) is 0 Å². The topological polar surface area (TPSA) is 67.7 Å². The van der Waals surface area contributed by atoms with Crippen LogP contribution in [-0.2, 0) is 6.42 Å². The van der Waals surface area contributed by atoms with E-state index in [0.717, 1.165) is 36.1 Å². The van der Waals surface area contributed by atoms with Crippen LogP contribution in [0.25, 0.3) is 16.6 Å². The number of nitrogens with one attached hydrogen (secondary N) is 2. The Hall–Kier alpha value is -3.32. The molecule has 1 aliphatic rings. The molecule has 0 bridgehead atoms. The molecule has 0 aliphatic carbocycles. The van der Waals surface area contributed by atoms with Gasteiger partial charge in [-0.2, -0.15) is 5.10 Å². The average Bonchev–Trinajstić information content (AvgIpc) is 3.31. The Morgan fingerprint density at radius 1 is 1.13 bits per heavy atom. The van der Waals surface area contributed by atoms with E-state index in [1.54, 1.807) is 35.4 Å². The van der Waals surface area contributed by atoms with E-state index in [-0.39, 0.29) is 5.82 Å². The zero-order chi connectivity index (χ0) is 20.3. The van der Waals surface area contributed by atoms with Gasteiger partial charge in [-0.05, 0) is 68.6 Å². The highest BCUT2D eigenvalue weighted by Crippen LogP contribution is 2.24. The van der Waals surface area contributed by atoms with Crippen LogP contribution >= 0.6 is 0 Å². The molecule has 1 aromatic carbocycles. The highest BCUT2D eigenvalue weighted by atomic mass is 19.1. The van der Waals surface area contributed by atoms with E-state index in [9.17, 15) is 4.39 Å². The molecule has 1 saturated heterocycles. The van der Waals surface area contributed by atoms with Gasteiger partial charge in [-0.1, -0.05) is 0 Å². The Labute approximate surface area is 174 Å². The molecule has 2 N–H and O–H groups in total. The summed E-state index contributed by atoms with van der Waals surface area (Å²) in [5, 5.41) is 11.6. The van der Waals surface area contributed by atoms with E-state index in [1.807, 2.05) is 12.1 Å². The standard InChI is InChI=1S/C23H23FN6/c24-20-13-19(30-11-1-8-27-30)4-5-21(20)29-23-14-22-17(15-26-23)2-3-18(28-22)12-16-6-9-25-10-7-16/h1-5,8,11,13-16,25H,6-7,9-10,12H2,(H,26,29). The number of hydrogen-bond donors (Lipinski definition) is 2. The van der Waals surface area contributed by atoms with Crippen molar-refractivity contribution in [2.75, 3.05) is 18.4 Å². The first-order chi connectivity index (χ1) is 14.7. The molecule has 1 fully saturated rings. The fourth-order valence-corrected chi connectivity index (χ4v) is 3.93. The summed E-state index contributed by atoms with van der Waals surface area (Å²) < 4.78 is 16.2. The van der Waals surface area contributed by atoms with Crippen LogP contribution in [0.3, 0.4) is 0 Å². The molecule has 3 aromatic heterocycles. The fourth-order valence-electron chi connectivity index (χ4n) is 3.93. The lowest BCUT2D eigenvalue weighted by molar-refractivity contribution is 0.370. The number of rotatable bonds is 5. The Balaban J connectivity index is 1.36. The Bertz CT molecular complexity index is 1150. The average molecular weight is 402 g/mol. The molecule has 152 valence electrons. The van der Waals surface area contributed by atoms with Crippen molar-refractivity contribution in [3.05, 3.63) is 72.6 Å². The van der Waals surface area contributed by atoms with Gasteiger partial charge in [0.25, 0.3) is 0 Å². The molecule has 0 atom stereocenters. The highest BCUT2D eigenvalue weighted by molar-refractivity contribution is 5.81. The number of anilines is 2. The Morgan fingerprint density at radius 2 is 2.03 bits per heavy atom. The molecule has 6 nitrogen and oxygen atoms in total. The third-order valence-corrected chi connectivity index (χ3v) is 5.57. The third kappa shape index (κ3) is 4.02. The lowest BCUT2D eigenvalue weighted by Crippen LogP contribution is -2.28. The van der Waals surface area contributed by atoms with Crippen LogP contribution in [0.1, 0.15) is 18.5 Å². The van der Waals surface area contributed by atoms with Crippen LogP contribution in [0.2, 0.25) is 0 Å². The summed E-state index contributed by atoms with van der Waals surface area (Å²) in [6, 6.07) is 12.8. The summed E-state index contributed by atoms with van der Waals surface area (Å²) >= 11 is 0. The van der Waals surface area contributed by atoms with Gasteiger partial charge >= 0.3 is 0 Å². The number of piperidine rings is 1. The Morgan fingerprint density at radius 3 is 2.83 bits per heavy atom. The van der Waals surface area contributed by atoms with Gasteiger partial charge in [-0.25, -0.2) is 14.1 Å². The van der Waals surface area contributed by atoms with Gasteiger partial charge in [0.15, 0.2) is 0 Å². The van der Waals surface area contributed by atoms with Crippen LogP contribution in [0.4, 0.5) is 15.9 Å². The first-order valence-electron chi connectivity index (χ1n) is 10.3. The second kappa shape index (κ2) is 8.20. The van der Waals surface area contributed by atoms with E-state index < -0.39 is 0 Å². The van der Waals surface area contributed by atoms with Crippen molar-refractivity contribution in [1.82, 2.24) is 25.1 Å². The summed E-state index contributed by atoms with van der Waals surface area (Å²) in [7, 11) is 0. The first-order valence-corrected chi connectivity index (χ1v) is 10.3. The molecule has 7 heteroatoms. The number of fused-ring (bicyclic) bond motifs is 1. The molecule has 30 heavy (non-hydrogen) atoms. The van der Waals surface area contributed by atoms with Crippen LogP contribution in [0.5, 0.6) is 0 Å². The van der Waals surface area contributed by atoms with Crippen molar-refractivity contribution in [2.24, 2.45) is 5.92 Å². The van der Waals surface area contributed by atoms with E-state index in [0.29, 0.717) is 23.1 Å². The molecule has 5 rings (SSSR count). The van der Waals surface area contributed by atoms with Crippen molar-refractivity contribution < 1.29 is 4.39 Å². The fraction of sp³-hybridized carbons (Fsp3) is 0.261. The Kier molecular flexibility index (Phi) is 5.11. The molecule has 4 aromatic rings. The van der Waals surface area contributed by atoms with E-state index in [2.05, 4.69) is 32.8 Å². The van der Waals surface area contributed by atoms with Gasteiger partial charge in [0.05, 0.1) is 16.9 Å². The molecule has 0 radical (unpaired) electrons. The first kappa shape index (κ1) is 18.7. The van der Waals surface area contributed by atoms with Gasteiger partial charge in [0.1, 0.15) is 11.6 Å². The quantitative estimate of drug-likeness (QED) is 0.523. The minimum atomic E-state index is -0.363. The molecule has 1 aliphatic heterocycles. The van der Waals surface area contributed by atoms with E-state index in [1.165, 1.54) is 18.9 Å². The smallest absolute Gasteiger partial charge is 0.148 e. The zero-order valence-electron chi connectivity index (χ0n) is 16.6. The van der Waals surface area contributed by atoms with Gasteiger partial charge in [0.2, 0.25) is 0 Å². The van der Waals surface area contributed by atoms with Gasteiger partial charge in [0, 0.05) is 41.8 Å². The predicted octanol–water partition coefficient (Wildman–Crippen LogP) is 4.24. The van der Waals surface area contributed by atoms with Crippen LogP contribution in [0.15, 0.2) is 61.1 Å². The number of benzene rings is 1. The molecular formula is C23H23FN6. The summed E-state index contributed by atoms with van der Waals surface area (Å²) in [4.78, 5) is 9.25. The molecule has 0 amide bonds. The monoisotopic (exact) mass is 402 g/mol. The number of hydrogen-bond acceptors (Lipinski definition) is 5. The van der Waals surface area contributed by atoms with Crippen molar-refractivity contribution in [3.8, 4) is 5.69 Å².